The molecule has 0 rings (SSSR count). The van der Waals surface area contributed by atoms with E-state index in [0.29, 0.717) is 0 Å². The maximum atomic E-state index is 10.4. The summed E-state index contributed by atoms with van der Waals surface area (Å²) < 4.78 is 28.6. The molecule has 0 amide bonds. The average Bonchev–Trinajstić information content (AvgIpc) is 1.87. The first kappa shape index (κ1) is 10.8. The van der Waals surface area contributed by atoms with E-state index in [1.807, 2.05) is 0 Å². The zero-order valence-electron chi connectivity index (χ0n) is 5.90. The van der Waals surface area contributed by atoms with Crippen molar-refractivity contribution in [2.24, 2.45) is 0 Å². The van der Waals surface area contributed by atoms with E-state index >= 15 is 0 Å². The summed E-state index contributed by atoms with van der Waals surface area (Å²) in [5, 5.41) is 0. The quantitative estimate of drug-likeness (QED) is 0.621. The Morgan fingerprint density at radius 3 is 2.73 bits per heavy atom. The molecule has 0 aromatic carbocycles. The van der Waals surface area contributed by atoms with Crippen molar-refractivity contribution in [3.8, 4) is 0 Å². The van der Waals surface area contributed by atoms with Gasteiger partial charge in [-0.25, -0.2) is 4.57 Å². The van der Waals surface area contributed by atoms with Crippen LogP contribution in [0.3, 0.4) is 0 Å². The van der Waals surface area contributed by atoms with Crippen molar-refractivity contribution in [3.05, 3.63) is 0 Å². The van der Waals surface area contributed by atoms with Gasteiger partial charge in [0.1, 0.15) is 0 Å². The fraction of sp³-hybridized carbons (Fsp3) is 0.750. The fourth-order valence-electron chi connectivity index (χ4n) is 0.365. The van der Waals surface area contributed by atoms with Gasteiger partial charge in [0.25, 0.3) is 0 Å². The second-order valence-electron chi connectivity index (χ2n) is 1.63. The second-order valence-corrected chi connectivity index (χ2v) is 3.23. The molecule has 0 heterocycles. The summed E-state index contributed by atoms with van der Waals surface area (Å²) >= 11 is 0. The van der Waals surface area contributed by atoms with Crippen molar-refractivity contribution in [2.45, 2.75) is 6.42 Å². The zero-order chi connectivity index (χ0) is 8.69. The average molecular weight is 198 g/mol. The number of hydrogen-bond donors (Lipinski definition) is 0. The zero-order valence-corrected chi connectivity index (χ0v) is 7.80. The summed E-state index contributed by atoms with van der Waals surface area (Å²) in [4.78, 5) is 10.4. The van der Waals surface area contributed by atoms with Gasteiger partial charge in [-0.1, -0.05) is 0 Å². The van der Waals surface area contributed by atoms with E-state index in [9.17, 15) is 13.9 Å². The van der Waals surface area contributed by atoms with Crippen molar-refractivity contribution < 1.29 is 23.0 Å². The molecule has 64 valence electrons. The van der Waals surface area contributed by atoms with Gasteiger partial charge < -0.3 is 9.05 Å². The highest BCUT2D eigenvalue weighted by Crippen LogP contribution is 2.15. The molecule has 0 saturated heterocycles. The molecular formula is C4H8O5P2. The van der Waals surface area contributed by atoms with Gasteiger partial charge in [-0.3, -0.25) is 9.36 Å². The van der Waals surface area contributed by atoms with Crippen LogP contribution in [-0.4, -0.2) is 19.2 Å². The van der Waals surface area contributed by atoms with Crippen LogP contribution in [0.15, 0.2) is 0 Å². The summed E-state index contributed by atoms with van der Waals surface area (Å²) in [6, 6.07) is 0. The van der Waals surface area contributed by atoms with Crippen LogP contribution in [0, 0.1) is 0 Å². The second kappa shape index (κ2) is 6.47. The van der Waals surface area contributed by atoms with E-state index in [2.05, 4.69) is 9.05 Å². The number of rotatable bonds is 5. The van der Waals surface area contributed by atoms with Crippen LogP contribution in [0.1, 0.15) is 6.42 Å². The molecule has 0 aromatic heterocycles. The largest absolute Gasteiger partial charge is 0.398 e. The molecule has 0 aliphatic rings. The van der Waals surface area contributed by atoms with Crippen molar-refractivity contribution in [3.63, 3.8) is 0 Å². The van der Waals surface area contributed by atoms with Crippen LogP contribution < -0.4 is 0 Å². The predicted octanol–water partition coefficient (Wildman–Crippen LogP) is 1.25. The van der Waals surface area contributed by atoms with Crippen molar-refractivity contribution >= 4 is 22.7 Å². The smallest absolute Gasteiger partial charge is 0.373 e. The first-order valence-corrected chi connectivity index (χ1v) is 5.37. The van der Waals surface area contributed by atoms with Gasteiger partial charge in [0.2, 0.25) is 0 Å². The molecule has 1 atom stereocenters. The Bertz CT molecular complexity index is 168. The number of hydrogen-bond acceptors (Lipinski definition) is 5. The van der Waals surface area contributed by atoms with Crippen LogP contribution in [-0.2, 0) is 23.0 Å². The molecule has 0 N–H and O–H groups in total. The highest BCUT2D eigenvalue weighted by molar-refractivity contribution is 7.38. The van der Waals surface area contributed by atoms with E-state index in [1.165, 1.54) is 6.66 Å². The molecule has 5 nitrogen and oxygen atoms in total. The summed E-state index contributed by atoms with van der Waals surface area (Å²) in [5.41, 5.74) is 0. The van der Waals surface area contributed by atoms with Crippen molar-refractivity contribution in [1.82, 2.24) is 0 Å². The molecule has 0 radical (unpaired) electrons. The minimum atomic E-state index is -1.98. The van der Waals surface area contributed by atoms with Gasteiger partial charge in [-0.15, -0.1) is 0 Å². The number of carbonyl (C=O) groups is 1. The Labute approximate surface area is 66.2 Å². The molecule has 0 spiro atoms. The molecule has 7 heteroatoms. The fourth-order valence-corrected chi connectivity index (χ4v) is 0.929. The third-order valence-electron chi connectivity index (χ3n) is 0.751. The lowest BCUT2D eigenvalue weighted by Gasteiger charge is -1.96. The minimum Gasteiger partial charge on any atom is -0.373 e. The van der Waals surface area contributed by atoms with E-state index in [4.69, 9.17) is 0 Å². The Kier molecular flexibility index (Phi) is 6.33. The van der Waals surface area contributed by atoms with Crippen LogP contribution in [0.4, 0.5) is 0 Å². The standard InChI is InChI=1S/C4H8O5P2/c1-11(7)8-3-2-4(5)9-10-6/h11H,2-3H2,1H3. The van der Waals surface area contributed by atoms with Crippen molar-refractivity contribution in [1.29, 1.82) is 0 Å². The summed E-state index contributed by atoms with van der Waals surface area (Å²) in [5.74, 6) is -0.634. The Hall–Kier alpha value is -0.240. The lowest BCUT2D eigenvalue weighted by molar-refractivity contribution is -0.134. The van der Waals surface area contributed by atoms with E-state index < -0.39 is 22.7 Å². The summed E-state index contributed by atoms with van der Waals surface area (Å²) in [6.07, 6.45) is -0.0283. The van der Waals surface area contributed by atoms with Crippen LogP contribution in [0.2, 0.25) is 0 Å². The topological polar surface area (TPSA) is 69.7 Å². The molecule has 0 fully saturated rings. The van der Waals surface area contributed by atoms with E-state index in [1.54, 1.807) is 0 Å². The summed E-state index contributed by atoms with van der Waals surface area (Å²) in [7, 11) is -2.65. The highest BCUT2D eigenvalue weighted by atomic mass is 31.1. The SMILES string of the molecule is C[PH](=O)OCCC(=O)OP=O. The molecule has 11 heavy (non-hydrogen) atoms. The maximum Gasteiger partial charge on any atom is 0.398 e. The van der Waals surface area contributed by atoms with Gasteiger partial charge in [0.15, 0.2) is 8.03 Å². The third kappa shape index (κ3) is 7.66. The van der Waals surface area contributed by atoms with Gasteiger partial charge in [-0.2, -0.15) is 0 Å². The molecule has 0 bridgehead atoms. The molecular weight excluding hydrogens is 190 g/mol. The van der Waals surface area contributed by atoms with Gasteiger partial charge >= 0.3 is 14.7 Å². The highest BCUT2D eigenvalue weighted by Gasteiger charge is 2.02. The van der Waals surface area contributed by atoms with Crippen LogP contribution in [0.5, 0.6) is 0 Å². The molecule has 0 aliphatic heterocycles. The van der Waals surface area contributed by atoms with E-state index in [-0.39, 0.29) is 13.0 Å². The number of carbonyl (C=O) groups excluding carboxylic acids is 1. The molecule has 0 aliphatic carbocycles. The normalized spacial score (nSPS) is 12.8. The van der Waals surface area contributed by atoms with Crippen LogP contribution in [0.25, 0.3) is 0 Å². The monoisotopic (exact) mass is 198 g/mol. The Morgan fingerprint density at radius 2 is 2.27 bits per heavy atom. The third-order valence-corrected chi connectivity index (χ3v) is 1.64. The van der Waals surface area contributed by atoms with Gasteiger partial charge in [0, 0.05) is 6.66 Å². The lowest BCUT2D eigenvalue weighted by atomic mass is 10.5. The summed E-state index contributed by atoms with van der Waals surface area (Å²) in [6.45, 7) is 1.46. The van der Waals surface area contributed by atoms with Gasteiger partial charge in [-0.05, 0) is 0 Å². The lowest BCUT2D eigenvalue weighted by Crippen LogP contribution is -2.00. The maximum absolute atomic E-state index is 10.4. The predicted molar refractivity (Wildman–Crippen MR) is 39.2 cm³/mol. The first-order chi connectivity index (χ1) is 5.16. The first-order valence-electron chi connectivity index (χ1n) is 2.82. The van der Waals surface area contributed by atoms with Crippen molar-refractivity contribution in [2.75, 3.05) is 13.3 Å². The van der Waals surface area contributed by atoms with Gasteiger partial charge in [0.05, 0.1) is 13.0 Å². The Balaban J connectivity index is 3.31. The molecule has 0 aromatic rings. The molecule has 1 unspecified atom stereocenters. The molecule has 0 saturated carbocycles. The van der Waals surface area contributed by atoms with Crippen LogP contribution >= 0.6 is 16.7 Å². The minimum absolute atomic E-state index is 0.0283. The Morgan fingerprint density at radius 1 is 1.64 bits per heavy atom. The van der Waals surface area contributed by atoms with E-state index in [0.717, 1.165) is 0 Å².